The topological polar surface area (TPSA) is 85.9 Å². The van der Waals surface area contributed by atoms with Gasteiger partial charge in [0.05, 0.1) is 31.4 Å². The number of carbonyl (C=O) groups excluding carboxylic acids is 2. The maximum atomic E-state index is 12.5. The van der Waals surface area contributed by atoms with Crippen LogP contribution in [0.3, 0.4) is 0 Å². The van der Waals surface area contributed by atoms with Crippen LogP contribution in [-0.4, -0.2) is 31.8 Å². The van der Waals surface area contributed by atoms with Crippen molar-refractivity contribution in [1.82, 2.24) is 10.6 Å². The fraction of sp³-hybridized carbons (Fsp3) is 0.444. The van der Waals surface area contributed by atoms with E-state index in [0.717, 1.165) is 0 Å². The van der Waals surface area contributed by atoms with Crippen LogP contribution in [-0.2, 0) is 9.53 Å². The highest BCUT2D eigenvalue weighted by Gasteiger charge is 2.33. The zero-order valence-corrected chi connectivity index (χ0v) is 15.1. The summed E-state index contributed by atoms with van der Waals surface area (Å²) >= 11 is 0. The maximum Gasteiger partial charge on any atom is 0.338 e. The van der Waals surface area contributed by atoms with Crippen molar-refractivity contribution < 1.29 is 23.8 Å². The van der Waals surface area contributed by atoms with Crippen LogP contribution in [0.15, 0.2) is 29.5 Å². The molecular weight excluding hydrogens is 324 g/mol. The molecule has 2 N–H and O–H groups in total. The van der Waals surface area contributed by atoms with Gasteiger partial charge in [-0.25, -0.2) is 9.59 Å². The van der Waals surface area contributed by atoms with Crippen LogP contribution in [0.1, 0.15) is 39.3 Å². The van der Waals surface area contributed by atoms with Gasteiger partial charge in [0.25, 0.3) is 0 Å². The third kappa shape index (κ3) is 4.23. The van der Waals surface area contributed by atoms with Gasteiger partial charge in [0.1, 0.15) is 0 Å². The molecule has 0 bridgehead atoms. The number of benzene rings is 1. The summed E-state index contributed by atoms with van der Waals surface area (Å²) < 4.78 is 16.2. The van der Waals surface area contributed by atoms with Crippen molar-refractivity contribution in [2.75, 3.05) is 13.7 Å². The zero-order chi connectivity index (χ0) is 18.6. The molecule has 1 heterocycles. The van der Waals surface area contributed by atoms with Crippen molar-refractivity contribution >= 4 is 12.0 Å². The molecule has 0 saturated carbocycles. The summed E-state index contributed by atoms with van der Waals surface area (Å²) in [7, 11) is 1.55. The van der Waals surface area contributed by atoms with E-state index in [9.17, 15) is 9.59 Å². The first-order valence-corrected chi connectivity index (χ1v) is 8.17. The number of urea groups is 1. The summed E-state index contributed by atoms with van der Waals surface area (Å²) in [6.45, 7) is 7.56. The van der Waals surface area contributed by atoms with E-state index in [1.54, 1.807) is 46.1 Å². The van der Waals surface area contributed by atoms with E-state index >= 15 is 0 Å². The normalized spacial score (nSPS) is 17.0. The molecule has 0 spiro atoms. The van der Waals surface area contributed by atoms with E-state index in [1.807, 2.05) is 6.92 Å². The van der Waals surface area contributed by atoms with Gasteiger partial charge >= 0.3 is 12.0 Å². The van der Waals surface area contributed by atoms with Crippen molar-refractivity contribution in [3.05, 3.63) is 35.0 Å². The van der Waals surface area contributed by atoms with Crippen LogP contribution in [0.5, 0.6) is 11.5 Å². The Bertz CT molecular complexity index is 697. The lowest BCUT2D eigenvalue weighted by Crippen LogP contribution is -2.45. The number of nitrogens with one attached hydrogen (secondary N) is 2. The fourth-order valence-corrected chi connectivity index (χ4v) is 2.63. The molecule has 1 aromatic rings. The summed E-state index contributed by atoms with van der Waals surface area (Å²) in [4.78, 5) is 24.4. The molecule has 0 aliphatic carbocycles. The van der Waals surface area contributed by atoms with Crippen molar-refractivity contribution in [3.63, 3.8) is 0 Å². The third-order valence-electron chi connectivity index (χ3n) is 3.65. The molecule has 0 radical (unpaired) electrons. The Morgan fingerprint density at radius 1 is 1.28 bits per heavy atom. The molecule has 1 aromatic carbocycles. The Labute approximate surface area is 147 Å². The van der Waals surface area contributed by atoms with Gasteiger partial charge in [0, 0.05) is 5.70 Å². The molecule has 1 unspecified atom stereocenters. The van der Waals surface area contributed by atoms with Crippen LogP contribution >= 0.6 is 0 Å². The summed E-state index contributed by atoms with van der Waals surface area (Å²) in [5, 5.41) is 5.39. The van der Waals surface area contributed by atoms with Crippen molar-refractivity contribution in [2.45, 2.75) is 39.8 Å². The van der Waals surface area contributed by atoms with Gasteiger partial charge in [-0.15, -0.1) is 0 Å². The van der Waals surface area contributed by atoms with Gasteiger partial charge in [-0.2, -0.15) is 0 Å². The van der Waals surface area contributed by atoms with E-state index in [2.05, 4.69) is 10.6 Å². The number of allylic oxidation sites excluding steroid dienone is 1. The smallest absolute Gasteiger partial charge is 0.338 e. The molecular formula is C18H24N2O5. The number of ether oxygens (including phenoxy) is 3. The first-order valence-electron chi connectivity index (χ1n) is 8.17. The lowest BCUT2D eigenvalue weighted by Gasteiger charge is -2.29. The standard InChI is InChI=1S/C18H24N2O5/c1-6-24-14-9-12(7-8-13(14)23-5)16-15(17(21)25-10(2)3)11(4)19-18(22)20-16/h7-10,16H,6H2,1-5H3,(H2,19,20,22). The molecule has 2 rings (SSSR count). The Balaban J connectivity index is 2.46. The molecule has 0 aromatic heterocycles. The van der Waals surface area contributed by atoms with E-state index < -0.39 is 12.0 Å². The maximum absolute atomic E-state index is 12.5. The highest BCUT2D eigenvalue weighted by molar-refractivity contribution is 5.95. The highest BCUT2D eigenvalue weighted by atomic mass is 16.5. The second kappa shape index (κ2) is 7.92. The van der Waals surface area contributed by atoms with Crippen molar-refractivity contribution in [3.8, 4) is 11.5 Å². The van der Waals surface area contributed by atoms with E-state index in [0.29, 0.717) is 34.9 Å². The molecule has 7 nitrogen and oxygen atoms in total. The minimum absolute atomic E-state index is 0.263. The number of carbonyl (C=O) groups is 2. The fourth-order valence-electron chi connectivity index (χ4n) is 2.63. The number of hydrogen-bond donors (Lipinski definition) is 2. The van der Waals surface area contributed by atoms with Crippen LogP contribution in [0, 0.1) is 0 Å². The predicted octanol–water partition coefficient (Wildman–Crippen LogP) is 2.67. The largest absolute Gasteiger partial charge is 0.493 e. The molecule has 1 aliphatic rings. The summed E-state index contributed by atoms with van der Waals surface area (Å²) in [6.07, 6.45) is -0.263. The average molecular weight is 348 g/mol. The van der Waals surface area contributed by atoms with Crippen LogP contribution < -0.4 is 20.1 Å². The van der Waals surface area contributed by atoms with E-state index in [-0.39, 0.29) is 12.1 Å². The second-order valence-electron chi connectivity index (χ2n) is 5.87. The van der Waals surface area contributed by atoms with Crippen LogP contribution in [0.25, 0.3) is 0 Å². The summed E-state index contributed by atoms with van der Waals surface area (Å²) in [6, 6.07) is 4.28. The van der Waals surface area contributed by atoms with E-state index in [4.69, 9.17) is 14.2 Å². The van der Waals surface area contributed by atoms with Gasteiger partial charge < -0.3 is 24.8 Å². The van der Waals surface area contributed by atoms with Gasteiger partial charge in [-0.05, 0) is 45.4 Å². The number of amides is 2. The minimum Gasteiger partial charge on any atom is -0.493 e. The summed E-state index contributed by atoms with van der Waals surface area (Å²) in [5.74, 6) is 0.654. The molecule has 1 aliphatic heterocycles. The predicted molar refractivity (Wildman–Crippen MR) is 92.5 cm³/mol. The first-order chi connectivity index (χ1) is 11.9. The minimum atomic E-state index is -0.634. The van der Waals surface area contributed by atoms with Gasteiger partial charge in [-0.3, -0.25) is 0 Å². The quantitative estimate of drug-likeness (QED) is 0.772. The molecule has 25 heavy (non-hydrogen) atoms. The monoisotopic (exact) mass is 348 g/mol. The third-order valence-corrected chi connectivity index (χ3v) is 3.65. The van der Waals surface area contributed by atoms with Crippen molar-refractivity contribution in [1.29, 1.82) is 0 Å². The first kappa shape index (κ1) is 18.6. The number of hydrogen-bond acceptors (Lipinski definition) is 5. The molecule has 136 valence electrons. The Kier molecular flexibility index (Phi) is 5.90. The van der Waals surface area contributed by atoms with Gasteiger partial charge in [-0.1, -0.05) is 6.07 Å². The lowest BCUT2D eigenvalue weighted by atomic mass is 9.95. The van der Waals surface area contributed by atoms with Crippen LogP contribution in [0.4, 0.5) is 4.79 Å². The van der Waals surface area contributed by atoms with Crippen LogP contribution in [0.2, 0.25) is 0 Å². The van der Waals surface area contributed by atoms with Gasteiger partial charge in [0.2, 0.25) is 0 Å². The Hall–Kier alpha value is -2.70. The Morgan fingerprint density at radius 2 is 2.00 bits per heavy atom. The number of methoxy groups -OCH3 is 1. The zero-order valence-electron chi connectivity index (χ0n) is 15.1. The van der Waals surface area contributed by atoms with E-state index in [1.165, 1.54) is 0 Å². The average Bonchev–Trinajstić information content (AvgIpc) is 2.53. The SMILES string of the molecule is CCOc1cc(C2NC(=O)NC(C)=C2C(=O)OC(C)C)ccc1OC. The molecule has 1 atom stereocenters. The number of esters is 1. The molecule has 2 amide bonds. The molecule has 7 heteroatoms. The second-order valence-corrected chi connectivity index (χ2v) is 5.87. The lowest BCUT2D eigenvalue weighted by molar-refractivity contribution is -0.143. The van der Waals surface area contributed by atoms with Gasteiger partial charge in [0.15, 0.2) is 11.5 Å². The summed E-state index contributed by atoms with van der Waals surface area (Å²) in [5.41, 5.74) is 1.53. The highest BCUT2D eigenvalue weighted by Crippen LogP contribution is 2.34. The Morgan fingerprint density at radius 3 is 2.60 bits per heavy atom. The number of rotatable bonds is 6. The molecule has 0 saturated heterocycles. The molecule has 0 fully saturated rings. The van der Waals surface area contributed by atoms with Crippen molar-refractivity contribution in [2.24, 2.45) is 0 Å².